The van der Waals surface area contributed by atoms with Crippen molar-refractivity contribution in [3.8, 4) is 0 Å². The van der Waals surface area contributed by atoms with Gasteiger partial charge in [0.1, 0.15) is 30.2 Å². The normalized spacial score (nSPS) is 37.4. The molecule has 0 amide bonds. The molecule has 27 heavy (non-hydrogen) atoms. The molecule has 8 nitrogen and oxygen atoms in total. The molecule has 1 aliphatic carbocycles. The van der Waals surface area contributed by atoms with E-state index in [1.54, 1.807) is 0 Å². The summed E-state index contributed by atoms with van der Waals surface area (Å²) < 4.78 is 11.3. The van der Waals surface area contributed by atoms with Crippen LogP contribution in [0.25, 0.3) is 0 Å². The molecule has 0 aromatic carbocycles. The first kappa shape index (κ1) is 22.0. The van der Waals surface area contributed by atoms with Crippen molar-refractivity contribution in [3.63, 3.8) is 0 Å². The van der Waals surface area contributed by atoms with Crippen LogP contribution in [0.2, 0.25) is 0 Å². The minimum atomic E-state index is -1.49. The smallest absolute Gasteiger partial charge is 0.186 e. The van der Waals surface area contributed by atoms with Gasteiger partial charge in [0.2, 0.25) is 0 Å². The first-order valence-electron chi connectivity index (χ1n) is 9.05. The maximum absolute atomic E-state index is 11.3. The maximum Gasteiger partial charge on any atom is 0.186 e. The Morgan fingerprint density at radius 1 is 1.26 bits per heavy atom. The van der Waals surface area contributed by atoms with Crippen LogP contribution in [0.15, 0.2) is 23.0 Å². The van der Waals surface area contributed by atoms with Crippen molar-refractivity contribution in [2.45, 2.75) is 77.3 Å². The molecule has 8 heteroatoms. The topological polar surface area (TPSA) is 137 Å². The number of aliphatic hydroxyl groups is 5. The number of carbonyl (C=O) groups is 1. The first-order chi connectivity index (χ1) is 12.5. The zero-order valence-electron chi connectivity index (χ0n) is 16.1. The number of ketones is 1. The molecular weight excluding hydrogens is 356 g/mol. The van der Waals surface area contributed by atoms with Crippen molar-refractivity contribution in [3.05, 3.63) is 23.0 Å². The van der Waals surface area contributed by atoms with E-state index in [1.807, 2.05) is 20.8 Å². The van der Waals surface area contributed by atoms with Crippen LogP contribution in [0.1, 0.15) is 40.5 Å². The van der Waals surface area contributed by atoms with Crippen molar-refractivity contribution in [2.24, 2.45) is 5.41 Å². The van der Waals surface area contributed by atoms with Crippen molar-refractivity contribution in [2.75, 3.05) is 6.61 Å². The fraction of sp³-hybridized carbons (Fsp3) is 0.737. The van der Waals surface area contributed by atoms with Gasteiger partial charge in [-0.1, -0.05) is 19.4 Å². The molecular formula is C19H30O8. The quantitative estimate of drug-likeness (QED) is 0.337. The summed E-state index contributed by atoms with van der Waals surface area (Å²) in [5, 5.41) is 49.5. The zero-order valence-corrected chi connectivity index (χ0v) is 16.1. The van der Waals surface area contributed by atoms with E-state index in [0.29, 0.717) is 18.4 Å². The second-order valence-electron chi connectivity index (χ2n) is 8.04. The lowest BCUT2D eigenvalue weighted by Crippen LogP contribution is -2.59. The summed E-state index contributed by atoms with van der Waals surface area (Å²) in [6.45, 7) is 6.52. The van der Waals surface area contributed by atoms with Crippen molar-refractivity contribution < 1.29 is 39.8 Å². The molecule has 2 rings (SSSR count). The minimum absolute atomic E-state index is 0.0590. The Morgan fingerprint density at radius 2 is 1.89 bits per heavy atom. The largest absolute Gasteiger partial charge is 0.508 e. The lowest BCUT2D eigenvalue weighted by molar-refractivity contribution is -0.313. The molecule has 2 aliphatic rings. The third-order valence-electron chi connectivity index (χ3n) is 5.15. The average molecular weight is 386 g/mol. The molecule has 0 spiro atoms. The Kier molecular flexibility index (Phi) is 6.83. The van der Waals surface area contributed by atoms with Crippen LogP contribution >= 0.6 is 0 Å². The van der Waals surface area contributed by atoms with Crippen LogP contribution < -0.4 is 0 Å². The lowest BCUT2D eigenvalue weighted by atomic mass is 9.70. The highest BCUT2D eigenvalue weighted by Gasteiger charge is 2.46. The van der Waals surface area contributed by atoms with Crippen molar-refractivity contribution in [1.82, 2.24) is 0 Å². The average Bonchev–Trinajstić information content (AvgIpc) is 2.53. The predicted octanol–water partition coefficient (Wildman–Crippen LogP) is 0.339. The van der Waals surface area contributed by atoms with E-state index < -0.39 is 42.7 Å². The third kappa shape index (κ3) is 4.77. The molecule has 0 unspecified atom stereocenters. The van der Waals surface area contributed by atoms with Crippen LogP contribution in [0.5, 0.6) is 0 Å². The summed E-state index contributed by atoms with van der Waals surface area (Å²) in [5.74, 6) is -0.306. The van der Waals surface area contributed by atoms with E-state index in [4.69, 9.17) is 9.47 Å². The van der Waals surface area contributed by atoms with Gasteiger partial charge in [-0.05, 0) is 37.7 Å². The maximum atomic E-state index is 11.3. The van der Waals surface area contributed by atoms with Gasteiger partial charge in [0.15, 0.2) is 12.1 Å². The predicted molar refractivity (Wildman–Crippen MR) is 95.7 cm³/mol. The van der Waals surface area contributed by atoms with E-state index in [0.717, 1.165) is 5.57 Å². The van der Waals surface area contributed by atoms with Gasteiger partial charge in [0.25, 0.3) is 0 Å². The highest BCUT2D eigenvalue weighted by molar-refractivity contribution is 5.88. The van der Waals surface area contributed by atoms with Gasteiger partial charge >= 0.3 is 0 Å². The summed E-state index contributed by atoms with van der Waals surface area (Å²) in [6.07, 6.45) is -4.88. The number of hydrogen-bond acceptors (Lipinski definition) is 8. The van der Waals surface area contributed by atoms with E-state index in [1.165, 1.54) is 13.0 Å². The number of aliphatic hydroxyl groups excluding tert-OH is 5. The number of ether oxygens (including phenoxy) is 2. The van der Waals surface area contributed by atoms with Crippen LogP contribution in [0.3, 0.4) is 0 Å². The van der Waals surface area contributed by atoms with Gasteiger partial charge in [-0.3, -0.25) is 4.79 Å². The van der Waals surface area contributed by atoms with Gasteiger partial charge in [-0.15, -0.1) is 0 Å². The fourth-order valence-corrected chi connectivity index (χ4v) is 4.06. The van der Waals surface area contributed by atoms with Gasteiger partial charge in [0, 0.05) is 6.08 Å². The number of carbonyl (C=O) groups excluding carboxylic acids is 1. The van der Waals surface area contributed by atoms with E-state index in [9.17, 15) is 30.3 Å². The summed E-state index contributed by atoms with van der Waals surface area (Å²) in [5.41, 5.74) is 1.03. The standard InChI is InChI=1S/C19H30O8/c1-9-5-11(7-19(3,4)14(9)12(22)6-10(2)21)26-18-17(25)16(24)15(23)13(8-20)27-18/h6,11,13,15-18,20,22-25H,5,7-8H2,1-4H3/b12-6-/t11-,13-,15-,16+,17-,18-/m1/s1. The van der Waals surface area contributed by atoms with E-state index in [2.05, 4.69) is 0 Å². The van der Waals surface area contributed by atoms with Crippen LogP contribution in [-0.4, -0.2) is 74.7 Å². The summed E-state index contributed by atoms with van der Waals surface area (Å²) in [7, 11) is 0. The molecule has 0 saturated carbocycles. The van der Waals surface area contributed by atoms with Crippen molar-refractivity contribution in [1.29, 1.82) is 0 Å². The third-order valence-corrected chi connectivity index (χ3v) is 5.15. The Hall–Kier alpha value is -1.29. The lowest BCUT2D eigenvalue weighted by Gasteiger charge is -2.43. The number of rotatable bonds is 5. The molecule has 5 N–H and O–H groups in total. The fourth-order valence-electron chi connectivity index (χ4n) is 4.06. The second-order valence-corrected chi connectivity index (χ2v) is 8.04. The Bertz CT molecular complexity index is 621. The molecule has 0 bridgehead atoms. The van der Waals surface area contributed by atoms with Crippen molar-refractivity contribution >= 4 is 5.78 Å². The van der Waals surface area contributed by atoms with Gasteiger partial charge in [0.05, 0.1) is 12.7 Å². The second kappa shape index (κ2) is 8.38. The first-order valence-corrected chi connectivity index (χ1v) is 9.05. The molecule has 1 saturated heterocycles. The summed E-state index contributed by atoms with van der Waals surface area (Å²) >= 11 is 0. The number of allylic oxidation sites excluding steroid dienone is 2. The van der Waals surface area contributed by atoms with E-state index in [-0.39, 0.29) is 17.6 Å². The van der Waals surface area contributed by atoms with Gasteiger partial charge in [-0.2, -0.15) is 0 Å². The SMILES string of the molecule is CC(=O)/C=C(\O)C1=C(C)C[C@@H](O[C@@H]2O[C@H](CO)[C@@H](O)[C@H](O)[C@H]2O)CC1(C)C. The molecule has 1 fully saturated rings. The monoisotopic (exact) mass is 386 g/mol. The van der Waals surface area contributed by atoms with Crippen LogP contribution in [0, 0.1) is 5.41 Å². The molecule has 154 valence electrons. The Morgan fingerprint density at radius 3 is 2.41 bits per heavy atom. The minimum Gasteiger partial charge on any atom is -0.508 e. The molecule has 6 atom stereocenters. The summed E-state index contributed by atoms with van der Waals surface area (Å²) in [4.78, 5) is 11.3. The highest BCUT2D eigenvalue weighted by Crippen LogP contribution is 2.44. The van der Waals surface area contributed by atoms with Crippen LogP contribution in [0.4, 0.5) is 0 Å². The number of hydrogen-bond donors (Lipinski definition) is 5. The molecule has 0 aromatic rings. The summed E-state index contributed by atoms with van der Waals surface area (Å²) in [6, 6.07) is 0. The zero-order chi connectivity index (χ0) is 20.5. The van der Waals surface area contributed by atoms with Crippen LogP contribution in [-0.2, 0) is 14.3 Å². The van der Waals surface area contributed by atoms with E-state index >= 15 is 0 Å². The van der Waals surface area contributed by atoms with Gasteiger partial charge < -0.3 is 35.0 Å². The molecule has 1 heterocycles. The Labute approximate surface area is 158 Å². The van der Waals surface area contributed by atoms with Gasteiger partial charge in [-0.25, -0.2) is 0 Å². The highest BCUT2D eigenvalue weighted by atomic mass is 16.7. The molecule has 0 aromatic heterocycles. The molecule has 1 aliphatic heterocycles. The Balaban J connectivity index is 2.18. The molecule has 0 radical (unpaired) electrons.